The molecule has 0 spiro atoms. The molecule has 126 valence electrons. The smallest absolute Gasteiger partial charge is 0.257 e. The van der Waals surface area contributed by atoms with Gasteiger partial charge in [0, 0.05) is 11.1 Å². The van der Waals surface area contributed by atoms with Crippen molar-refractivity contribution >= 4 is 39.9 Å². The molecular formula is C18H15N3O2S2. The summed E-state index contributed by atoms with van der Waals surface area (Å²) in [5.74, 6) is 0.0870. The van der Waals surface area contributed by atoms with Crippen molar-refractivity contribution in [2.24, 2.45) is 0 Å². The van der Waals surface area contributed by atoms with Crippen LogP contribution in [0, 0.1) is 6.92 Å². The molecule has 7 heteroatoms. The van der Waals surface area contributed by atoms with Crippen molar-refractivity contribution in [1.82, 2.24) is 10.2 Å². The summed E-state index contributed by atoms with van der Waals surface area (Å²) < 4.78 is 0.642. The zero-order valence-electron chi connectivity index (χ0n) is 13.4. The summed E-state index contributed by atoms with van der Waals surface area (Å²) in [6.45, 7) is 1.96. The molecule has 0 atom stereocenters. The third kappa shape index (κ3) is 4.74. The van der Waals surface area contributed by atoms with Crippen LogP contribution in [0.3, 0.4) is 0 Å². The van der Waals surface area contributed by atoms with Crippen LogP contribution in [0.4, 0.5) is 5.13 Å². The number of thioether (sulfide) groups is 1. The van der Waals surface area contributed by atoms with Gasteiger partial charge in [-0.25, -0.2) is 0 Å². The highest BCUT2D eigenvalue weighted by molar-refractivity contribution is 8.01. The number of aryl methyl sites for hydroxylation is 1. The highest BCUT2D eigenvalue weighted by Crippen LogP contribution is 2.26. The summed E-state index contributed by atoms with van der Waals surface area (Å²) in [6.07, 6.45) is 0. The van der Waals surface area contributed by atoms with Crippen molar-refractivity contribution in [3.8, 4) is 0 Å². The van der Waals surface area contributed by atoms with Gasteiger partial charge in [0.1, 0.15) is 0 Å². The average Bonchev–Trinajstić information content (AvgIpc) is 3.08. The maximum Gasteiger partial charge on any atom is 0.257 e. The molecular weight excluding hydrogens is 354 g/mol. The van der Waals surface area contributed by atoms with Crippen LogP contribution in [0.2, 0.25) is 0 Å². The Morgan fingerprint density at radius 1 is 1.00 bits per heavy atom. The van der Waals surface area contributed by atoms with Crippen molar-refractivity contribution in [2.45, 2.75) is 11.3 Å². The maximum absolute atomic E-state index is 12.2. The Morgan fingerprint density at radius 2 is 1.72 bits per heavy atom. The SMILES string of the molecule is Cc1ccc(C(=O)Nc2nnc(SCC(=O)c3ccccc3)s2)cc1. The lowest BCUT2D eigenvalue weighted by Gasteiger charge is -2.01. The van der Waals surface area contributed by atoms with E-state index in [1.165, 1.54) is 23.1 Å². The lowest BCUT2D eigenvalue weighted by molar-refractivity contribution is 0.101. The van der Waals surface area contributed by atoms with E-state index in [2.05, 4.69) is 15.5 Å². The van der Waals surface area contributed by atoms with Gasteiger partial charge in [-0.2, -0.15) is 0 Å². The third-order valence-electron chi connectivity index (χ3n) is 3.36. The van der Waals surface area contributed by atoms with Gasteiger partial charge >= 0.3 is 0 Å². The number of hydrogen-bond acceptors (Lipinski definition) is 6. The second-order valence-electron chi connectivity index (χ2n) is 5.27. The van der Waals surface area contributed by atoms with Gasteiger partial charge in [0.25, 0.3) is 5.91 Å². The number of nitrogens with zero attached hydrogens (tertiary/aromatic N) is 2. The van der Waals surface area contributed by atoms with Crippen LogP contribution in [-0.4, -0.2) is 27.6 Å². The molecule has 0 aliphatic heterocycles. The van der Waals surface area contributed by atoms with E-state index in [1.807, 2.05) is 37.3 Å². The van der Waals surface area contributed by atoms with Crippen LogP contribution in [0.25, 0.3) is 0 Å². The normalized spacial score (nSPS) is 10.4. The van der Waals surface area contributed by atoms with Gasteiger partial charge < -0.3 is 0 Å². The van der Waals surface area contributed by atoms with Crippen LogP contribution in [-0.2, 0) is 0 Å². The highest BCUT2D eigenvalue weighted by atomic mass is 32.2. The topological polar surface area (TPSA) is 72.0 Å². The van der Waals surface area contributed by atoms with E-state index in [1.54, 1.807) is 24.3 Å². The second-order valence-corrected chi connectivity index (χ2v) is 7.47. The van der Waals surface area contributed by atoms with E-state index >= 15 is 0 Å². The van der Waals surface area contributed by atoms with Crippen molar-refractivity contribution in [2.75, 3.05) is 11.1 Å². The number of hydrogen-bond donors (Lipinski definition) is 1. The number of nitrogens with one attached hydrogen (secondary N) is 1. The fourth-order valence-electron chi connectivity index (χ4n) is 2.03. The predicted molar refractivity (Wildman–Crippen MR) is 101 cm³/mol. The number of anilines is 1. The molecule has 1 aromatic heterocycles. The molecule has 0 aliphatic carbocycles. The molecule has 0 radical (unpaired) electrons. The minimum absolute atomic E-state index is 0.0334. The lowest BCUT2D eigenvalue weighted by Crippen LogP contribution is -2.11. The summed E-state index contributed by atoms with van der Waals surface area (Å²) in [7, 11) is 0. The Hall–Kier alpha value is -2.51. The number of benzene rings is 2. The molecule has 3 rings (SSSR count). The van der Waals surface area contributed by atoms with E-state index < -0.39 is 0 Å². The summed E-state index contributed by atoms with van der Waals surface area (Å²) in [6, 6.07) is 16.4. The van der Waals surface area contributed by atoms with Crippen LogP contribution in [0.5, 0.6) is 0 Å². The van der Waals surface area contributed by atoms with Gasteiger partial charge in [0.2, 0.25) is 5.13 Å². The van der Waals surface area contributed by atoms with Crippen LogP contribution < -0.4 is 5.32 Å². The zero-order chi connectivity index (χ0) is 17.6. The molecule has 0 bridgehead atoms. The molecule has 2 aromatic carbocycles. The monoisotopic (exact) mass is 369 g/mol. The lowest BCUT2D eigenvalue weighted by atomic mass is 10.1. The Kier molecular flexibility index (Phi) is 5.57. The largest absolute Gasteiger partial charge is 0.296 e. The summed E-state index contributed by atoms with van der Waals surface area (Å²) in [5.41, 5.74) is 2.33. The minimum atomic E-state index is -0.229. The summed E-state index contributed by atoms with van der Waals surface area (Å²) in [5, 5.41) is 11.1. The van der Waals surface area contributed by atoms with Crippen LogP contribution in [0.15, 0.2) is 58.9 Å². The standard InChI is InChI=1S/C18H15N3O2S2/c1-12-7-9-14(10-8-12)16(23)19-17-20-21-18(25-17)24-11-15(22)13-5-3-2-4-6-13/h2-10H,11H2,1H3,(H,19,20,23). The summed E-state index contributed by atoms with van der Waals surface area (Å²) >= 11 is 2.57. The fraction of sp³-hybridized carbons (Fsp3) is 0.111. The van der Waals surface area contributed by atoms with E-state index in [-0.39, 0.29) is 17.4 Å². The van der Waals surface area contributed by atoms with Crippen molar-refractivity contribution in [1.29, 1.82) is 0 Å². The Bertz CT molecular complexity index is 877. The Balaban J connectivity index is 1.56. The van der Waals surface area contributed by atoms with Gasteiger partial charge in [-0.05, 0) is 19.1 Å². The number of aromatic nitrogens is 2. The van der Waals surface area contributed by atoms with Crippen LogP contribution in [0.1, 0.15) is 26.3 Å². The molecule has 5 nitrogen and oxygen atoms in total. The number of rotatable bonds is 6. The van der Waals surface area contributed by atoms with Gasteiger partial charge in [-0.1, -0.05) is 71.1 Å². The van der Waals surface area contributed by atoms with Gasteiger partial charge in [0.05, 0.1) is 5.75 Å². The van der Waals surface area contributed by atoms with Gasteiger partial charge in [0.15, 0.2) is 10.1 Å². The Labute approximate surface area is 153 Å². The molecule has 1 heterocycles. The molecule has 0 fully saturated rings. The molecule has 0 aliphatic rings. The molecule has 0 unspecified atom stereocenters. The first-order valence-corrected chi connectivity index (χ1v) is 9.34. The quantitative estimate of drug-likeness (QED) is 0.403. The van der Waals surface area contributed by atoms with E-state index in [9.17, 15) is 9.59 Å². The minimum Gasteiger partial charge on any atom is -0.296 e. The molecule has 0 saturated heterocycles. The number of carbonyl (C=O) groups excluding carboxylic acids is 2. The fourth-order valence-corrected chi connectivity index (χ4v) is 3.67. The molecule has 1 N–H and O–H groups in total. The Morgan fingerprint density at radius 3 is 2.44 bits per heavy atom. The van der Waals surface area contributed by atoms with Crippen molar-refractivity contribution in [3.63, 3.8) is 0 Å². The number of carbonyl (C=O) groups is 2. The number of Topliss-reactive ketones (excluding diaryl/α,β-unsaturated/α-hetero) is 1. The highest BCUT2D eigenvalue weighted by Gasteiger charge is 2.12. The number of amides is 1. The van der Waals surface area contributed by atoms with Crippen molar-refractivity contribution < 1.29 is 9.59 Å². The molecule has 1 amide bonds. The average molecular weight is 369 g/mol. The summed E-state index contributed by atoms with van der Waals surface area (Å²) in [4.78, 5) is 24.2. The molecule has 25 heavy (non-hydrogen) atoms. The van der Waals surface area contributed by atoms with Gasteiger partial charge in [-0.15, -0.1) is 10.2 Å². The maximum atomic E-state index is 12.2. The third-order valence-corrected chi connectivity index (χ3v) is 5.34. The van der Waals surface area contributed by atoms with E-state index in [4.69, 9.17) is 0 Å². The van der Waals surface area contributed by atoms with E-state index in [0.717, 1.165) is 5.56 Å². The van der Waals surface area contributed by atoms with Gasteiger partial charge in [-0.3, -0.25) is 14.9 Å². The van der Waals surface area contributed by atoms with Crippen LogP contribution >= 0.6 is 23.1 Å². The molecule has 3 aromatic rings. The second kappa shape index (κ2) is 8.04. The zero-order valence-corrected chi connectivity index (χ0v) is 15.1. The predicted octanol–water partition coefficient (Wildman–Crippen LogP) is 4.07. The first-order chi connectivity index (χ1) is 12.1. The first kappa shape index (κ1) is 17.3. The first-order valence-electron chi connectivity index (χ1n) is 7.54. The molecule has 0 saturated carbocycles. The number of ketones is 1. The van der Waals surface area contributed by atoms with Crippen molar-refractivity contribution in [3.05, 3.63) is 71.3 Å². The van der Waals surface area contributed by atoms with E-state index in [0.29, 0.717) is 20.6 Å².